The van der Waals surface area contributed by atoms with E-state index in [1.807, 2.05) is 6.07 Å². The Morgan fingerprint density at radius 3 is 3.00 bits per heavy atom. The molecule has 0 aliphatic carbocycles. The molecule has 5 nitrogen and oxygen atoms in total. The van der Waals surface area contributed by atoms with E-state index in [1.165, 1.54) is 12.3 Å². The highest BCUT2D eigenvalue weighted by molar-refractivity contribution is 5.93. The first-order valence-corrected chi connectivity index (χ1v) is 4.99. The van der Waals surface area contributed by atoms with Gasteiger partial charge in [-0.3, -0.25) is 9.59 Å². The second-order valence-corrected chi connectivity index (χ2v) is 3.41. The van der Waals surface area contributed by atoms with Crippen LogP contribution in [0, 0.1) is 18.3 Å². The number of nitriles is 1. The fraction of sp³-hybridized carbons (Fsp3) is 0.364. The number of pyridine rings is 1. The van der Waals surface area contributed by atoms with Gasteiger partial charge < -0.3 is 10.3 Å². The van der Waals surface area contributed by atoms with Gasteiger partial charge in [-0.25, -0.2) is 0 Å². The fourth-order valence-electron chi connectivity index (χ4n) is 1.22. The van der Waals surface area contributed by atoms with Crippen LogP contribution in [-0.4, -0.2) is 17.4 Å². The van der Waals surface area contributed by atoms with Crippen LogP contribution in [0.2, 0.25) is 0 Å². The molecule has 0 atom stereocenters. The first-order valence-electron chi connectivity index (χ1n) is 4.99. The van der Waals surface area contributed by atoms with E-state index < -0.39 is 5.91 Å². The Balaban J connectivity index is 2.60. The van der Waals surface area contributed by atoms with Crippen LogP contribution in [0.3, 0.4) is 0 Å². The Morgan fingerprint density at radius 1 is 1.62 bits per heavy atom. The van der Waals surface area contributed by atoms with Gasteiger partial charge in [0.15, 0.2) is 5.43 Å². The molecule has 0 aliphatic heterocycles. The molecule has 1 aromatic heterocycles. The van der Waals surface area contributed by atoms with Crippen molar-refractivity contribution in [2.24, 2.45) is 0 Å². The summed E-state index contributed by atoms with van der Waals surface area (Å²) in [6.45, 7) is 2.15. The van der Waals surface area contributed by atoms with E-state index in [0.29, 0.717) is 25.1 Å². The molecule has 0 aliphatic rings. The van der Waals surface area contributed by atoms with Crippen LogP contribution in [0.15, 0.2) is 17.1 Å². The summed E-state index contributed by atoms with van der Waals surface area (Å²) in [5.41, 5.74) is 0.516. The number of unbranched alkanes of at least 4 members (excludes halogenated alkanes) is 1. The van der Waals surface area contributed by atoms with Crippen molar-refractivity contribution in [2.75, 3.05) is 6.54 Å². The van der Waals surface area contributed by atoms with Crippen molar-refractivity contribution < 1.29 is 4.79 Å². The molecule has 1 heterocycles. The normalized spacial score (nSPS) is 9.50. The zero-order valence-electron chi connectivity index (χ0n) is 9.04. The van der Waals surface area contributed by atoms with Crippen LogP contribution in [0.5, 0.6) is 0 Å². The Hall–Kier alpha value is -2.09. The van der Waals surface area contributed by atoms with Crippen molar-refractivity contribution >= 4 is 5.91 Å². The number of carbonyl (C=O) groups is 1. The molecule has 0 aromatic carbocycles. The van der Waals surface area contributed by atoms with Crippen molar-refractivity contribution in [2.45, 2.75) is 19.8 Å². The SMILES string of the molecule is Cc1cc(=O)c(C(=O)NCCCC#N)c[nH]1. The highest BCUT2D eigenvalue weighted by atomic mass is 16.2. The summed E-state index contributed by atoms with van der Waals surface area (Å²) in [6.07, 6.45) is 2.38. The molecule has 0 radical (unpaired) electrons. The van der Waals surface area contributed by atoms with Gasteiger partial charge in [0.1, 0.15) is 5.56 Å². The maximum atomic E-state index is 11.5. The molecule has 2 N–H and O–H groups in total. The van der Waals surface area contributed by atoms with Crippen LogP contribution >= 0.6 is 0 Å². The van der Waals surface area contributed by atoms with E-state index in [1.54, 1.807) is 6.92 Å². The number of aromatic nitrogens is 1. The quantitative estimate of drug-likeness (QED) is 0.731. The third-order valence-electron chi connectivity index (χ3n) is 2.05. The maximum Gasteiger partial charge on any atom is 0.256 e. The molecule has 0 unspecified atom stereocenters. The summed E-state index contributed by atoms with van der Waals surface area (Å²) >= 11 is 0. The lowest BCUT2D eigenvalue weighted by molar-refractivity contribution is 0.0952. The summed E-state index contributed by atoms with van der Waals surface area (Å²) < 4.78 is 0. The second-order valence-electron chi connectivity index (χ2n) is 3.41. The smallest absolute Gasteiger partial charge is 0.256 e. The van der Waals surface area contributed by atoms with E-state index in [2.05, 4.69) is 10.3 Å². The van der Waals surface area contributed by atoms with E-state index in [9.17, 15) is 9.59 Å². The molecule has 0 saturated carbocycles. The molecule has 1 aromatic rings. The number of hydrogen-bond acceptors (Lipinski definition) is 3. The number of carbonyl (C=O) groups excluding carboxylic acids is 1. The Labute approximate surface area is 93.1 Å². The van der Waals surface area contributed by atoms with Crippen molar-refractivity contribution in [1.29, 1.82) is 5.26 Å². The Morgan fingerprint density at radius 2 is 2.38 bits per heavy atom. The van der Waals surface area contributed by atoms with Crippen molar-refractivity contribution in [3.63, 3.8) is 0 Å². The number of aryl methyl sites for hydroxylation is 1. The summed E-state index contributed by atoms with van der Waals surface area (Å²) in [4.78, 5) is 25.8. The number of H-pyrrole nitrogens is 1. The number of aromatic amines is 1. The highest BCUT2D eigenvalue weighted by Crippen LogP contribution is 1.92. The third-order valence-corrected chi connectivity index (χ3v) is 2.05. The lowest BCUT2D eigenvalue weighted by atomic mass is 10.2. The van der Waals surface area contributed by atoms with E-state index >= 15 is 0 Å². The van der Waals surface area contributed by atoms with Gasteiger partial charge in [0.2, 0.25) is 0 Å². The Kier molecular flexibility index (Phi) is 4.28. The summed E-state index contributed by atoms with van der Waals surface area (Å²) in [5.74, 6) is -0.404. The molecular weight excluding hydrogens is 206 g/mol. The molecule has 0 spiro atoms. The van der Waals surface area contributed by atoms with E-state index in [0.717, 1.165) is 0 Å². The van der Waals surface area contributed by atoms with Crippen molar-refractivity contribution in [1.82, 2.24) is 10.3 Å². The van der Waals surface area contributed by atoms with Crippen LogP contribution in [0.1, 0.15) is 28.9 Å². The molecule has 16 heavy (non-hydrogen) atoms. The van der Waals surface area contributed by atoms with Gasteiger partial charge in [0.25, 0.3) is 5.91 Å². The first kappa shape index (κ1) is 12.0. The number of nitrogens with one attached hydrogen (secondary N) is 2. The Bertz CT molecular complexity index is 471. The number of hydrogen-bond donors (Lipinski definition) is 2. The minimum atomic E-state index is -0.404. The topological polar surface area (TPSA) is 85.8 Å². The predicted octanol–water partition coefficient (Wildman–Crippen LogP) is 0.717. The molecule has 1 rings (SSSR count). The van der Waals surface area contributed by atoms with Crippen LogP contribution in [0.25, 0.3) is 0 Å². The van der Waals surface area contributed by atoms with Crippen molar-refractivity contribution in [3.05, 3.63) is 33.7 Å². The average molecular weight is 219 g/mol. The highest BCUT2D eigenvalue weighted by Gasteiger charge is 2.08. The third kappa shape index (κ3) is 3.24. The number of amides is 1. The largest absolute Gasteiger partial charge is 0.364 e. The zero-order valence-corrected chi connectivity index (χ0v) is 9.04. The molecular formula is C11H13N3O2. The summed E-state index contributed by atoms with van der Waals surface area (Å²) in [5, 5.41) is 10.9. The number of rotatable bonds is 4. The van der Waals surface area contributed by atoms with Crippen LogP contribution in [-0.2, 0) is 0 Å². The lowest BCUT2D eigenvalue weighted by Gasteiger charge is -2.03. The van der Waals surface area contributed by atoms with Gasteiger partial charge in [0, 0.05) is 30.9 Å². The van der Waals surface area contributed by atoms with Gasteiger partial charge in [-0.2, -0.15) is 5.26 Å². The average Bonchev–Trinajstić information content (AvgIpc) is 2.24. The van der Waals surface area contributed by atoms with Gasteiger partial charge in [-0.05, 0) is 13.3 Å². The van der Waals surface area contributed by atoms with Crippen molar-refractivity contribution in [3.8, 4) is 6.07 Å². The fourth-order valence-corrected chi connectivity index (χ4v) is 1.22. The van der Waals surface area contributed by atoms with Crippen LogP contribution < -0.4 is 10.7 Å². The summed E-state index contributed by atoms with van der Waals surface area (Å²) in [6, 6.07) is 3.36. The van der Waals surface area contributed by atoms with Gasteiger partial charge in [0.05, 0.1) is 6.07 Å². The standard InChI is InChI=1S/C11H13N3O2/c1-8-6-10(15)9(7-14-8)11(16)13-5-3-2-4-12/h6-7H,2-3,5H2,1H3,(H,13,16)(H,14,15). The van der Waals surface area contributed by atoms with Gasteiger partial charge in [-0.1, -0.05) is 0 Å². The minimum absolute atomic E-state index is 0.0996. The minimum Gasteiger partial charge on any atom is -0.364 e. The predicted molar refractivity (Wildman–Crippen MR) is 59.0 cm³/mol. The van der Waals surface area contributed by atoms with Gasteiger partial charge >= 0.3 is 0 Å². The first-order chi connectivity index (χ1) is 7.65. The van der Waals surface area contributed by atoms with E-state index in [-0.39, 0.29) is 11.0 Å². The van der Waals surface area contributed by atoms with Gasteiger partial charge in [-0.15, -0.1) is 0 Å². The molecule has 84 valence electrons. The molecule has 0 saturated heterocycles. The molecule has 0 bridgehead atoms. The van der Waals surface area contributed by atoms with Crippen LogP contribution in [0.4, 0.5) is 0 Å². The molecule has 1 amide bonds. The molecule has 0 fully saturated rings. The molecule has 5 heteroatoms. The lowest BCUT2D eigenvalue weighted by Crippen LogP contribution is -2.29. The zero-order chi connectivity index (χ0) is 12.0. The second kappa shape index (κ2) is 5.71. The van der Waals surface area contributed by atoms with E-state index in [4.69, 9.17) is 5.26 Å². The monoisotopic (exact) mass is 219 g/mol. The maximum absolute atomic E-state index is 11.5. The summed E-state index contributed by atoms with van der Waals surface area (Å²) in [7, 11) is 0. The number of nitrogens with zero attached hydrogens (tertiary/aromatic N) is 1.